The van der Waals surface area contributed by atoms with E-state index in [2.05, 4.69) is 0 Å². The molecule has 4 nitrogen and oxygen atoms in total. The van der Waals surface area contributed by atoms with Crippen LogP contribution < -0.4 is 10.5 Å². The number of ether oxygens (including phenoxy) is 1. The van der Waals surface area contributed by atoms with Gasteiger partial charge in [-0.25, -0.2) is 0 Å². The molecule has 0 aliphatic heterocycles. The van der Waals surface area contributed by atoms with Crippen LogP contribution in [0.2, 0.25) is 0 Å². The molecule has 2 aromatic carbocycles. The van der Waals surface area contributed by atoms with Gasteiger partial charge in [0.15, 0.2) is 0 Å². The highest BCUT2D eigenvalue weighted by molar-refractivity contribution is 5.67. The van der Waals surface area contributed by atoms with Crippen LogP contribution in [0.15, 0.2) is 48.5 Å². The molecule has 2 rings (SSSR count). The molecule has 19 heavy (non-hydrogen) atoms. The second-order valence-electron chi connectivity index (χ2n) is 4.21. The number of nitrogens with two attached hydrogens (primary N) is 1. The van der Waals surface area contributed by atoms with Crippen molar-refractivity contribution in [1.29, 1.82) is 0 Å². The van der Waals surface area contributed by atoms with Gasteiger partial charge in [-0.15, -0.1) is 0 Å². The van der Waals surface area contributed by atoms with Gasteiger partial charge in [-0.1, -0.05) is 12.1 Å². The molecule has 0 aromatic heterocycles. The van der Waals surface area contributed by atoms with Gasteiger partial charge in [0.05, 0.1) is 0 Å². The maximum absolute atomic E-state index is 10.5. The van der Waals surface area contributed by atoms with E-state index < -0.39 is 5.97 Å². The lowest BCUT2D eigenvalue weighted by Gasteiger charge is -2.07. The minimum absolute atomic E-state index is 0.116. The zero-order chi connectivity index (χ0) is 13.7. The Hall–Kier alpha value is -2.49. The van der Waals surface area contributed by atoms with Crippen molar-refractivity contribution in [3.8, 4) is 11.5 Å². The van der Waals surface area contributed by atoms with Crippen LogP contribution in [-0.2, 0) is 11.2 Å². The standard InChI is InChI=1S/C15H15NO3/c16-12-5-7-13(8-6-12)19-14-3-1-2-11(10-14)4-9-15(17)18/h1-3,5-8,10H,4,9,16H2,(H,17,18). The van der Waals surface area contributed by atoms with Gasteiger partial charge in [0.2, 0.25) is 0 Å². The number of aliphatic carboxylic acids is 1. The molecule has 0 heterocycles. The summed E-state index contributed by atoms with van der Waals surface area (Å²) in [6.07, 6.45) is 0.611. The Morgan fingerprint density at radius 3 is 2.53 bits per heavy atom. The number of carboxylic acid groups (broad SMARTS) is 1. The highest BCUT2D eigenvalue weighted by atomic mass is 16.5. The van der Waals surface area contributed by atoms with E-state index in [0.29, 0.717) is 23.6 Å². The van der Waals surface area contributed by atoms with Gasteiger partial charge < -0.3 is 15.6 Å². The van der Waals surface area contributed by atoms with Crippen LogP contribution >= 0.6 is 0 Å². The van der Waals surface area contributed by atoms with E-state index in [0.717, 1.165) is 5.56 Å². The number of nitrogen functional groups attached to an aromatic ring is 1. The van der Waals surface area contributed by atoms with E-state index in [1.54, 1.807) is 24.3 Å². The summed E-state index contributed by atoms with van der Waals surface area (Å²) in [7, 11) is 0. The zero-order valence-corrected chi connectivity index (χ0v) is 10.4. The molecular formula is C15H15NO3. The second kappa shape index (κ2) is 5.91. The van der Waals surface area contributed by atoms with Crippen LogP contribution in [0.5, 0.6) is 11.5 Å². The summed E-state index contributed by atoms with van der Waals surface area (Å²) in [5.74, 6) is 0.585. The molecule has 3 N–H and O–H groups in total. The summed E-state index contributed by atoms with van der Waals surface area (Å²) < 4.78 is 5.68. The summed E-state index contributed by atoms with van der Waals surface area (Å²) in [5, 5.41) is 8.66. The normalized spacial score (nSPS) is 10.1. The predicted octanol–water partition coefficient (Wildman–Crippen LogP) is 3.08. The summed E-state index contributed by atoms with van der Waals surface area (Å²) in [6.45, 7) is 0. The van der Waals surface area contributed by atoms with E-state index in [1.165, 1.54) is 0 Å². The summed E-state index contributed by atoms with van der Waals surface area (Å²) in [6, 6.07) is 14.5. The van der Waals surface area contributed by atoms with Crippen molar-refractivity contribution in [2.24, 2.45) is 0 Å². The Bertz CT molecular complexity index is 564. The van der Waals surface area contributed by atoms with Crippen molar-refractivity contribution < 1.29 is 14.6 Å². The third-order valence-corrected chi connectivity index (χ3v) is 2.64. The number of carboxylic acids is 1. The number of aryl methyl sites for hydroxylation is 1. The number of anilines is 1. The monoisotopic (exact) mass is 257 g/mol. The van der Waals surface area contributed by atoms with Crippen LogP contribution in [0.3, 0.4) is 0 Å². The Morgan fingerprint density at radius 2 is 1.84 bits per heavy atom. The molecule has 0 spiro atoms. The summed E-state index contributed by atoms with van der Waals surface area (Å²) in [4.78, 5) is 10.5. The molecule has 0 bridgehead atoms. The van der Waals surface area contributed by atoms with Crippen molar-refractivity contribution in [3.05, 3.63) is 54.1 Å². The molecular weight excluding hydrogens is 242 g/mol. The molecule has 2 aromatic rings. The van der Waals surface area contributed by atoms with Gasteiger partial charge in [-0.2, -0.15) is 0 Å². The Kier molecular flexibility index (Phi) is 4.03. The molecule has 0 saturated heterocycles. The molecule has 0 fully saturated rings. The SMILES string of the molecule is Nc1ccc(Oc2cccc(CCC(=O)O)c2)cc1. The maximum atomic E-state index is 10.5. The lowest BCUT2D eigenvalue weighted by atomic mass is 10.1. The first-order chi connectivity index (χ1) is 9.13. The van der Waals surface area contributed by atoms with E-state index in [-0.39, 0.29) is 6.42 Å². The molecule has 4 heteroatoms. The number of carbonyl (C=O) groups is 1. The summed E-state index contributed by atoms with van der Waals surface area (Å²) in [5.41, 5.74) is 7.22. The smallest absolute Gasteiger partial charge is 0.303 e. The Balaban J connectivity index is 2.06. The average Bonchev–Trinajstić information content (AvgIpc) is 2.40. The van der Waals surface area contributed by atoms with Crippen molar-refractivity contribution >= 4 is 11.7 Å². The summed E-state index contributed by atoms with van der Waals surface area (Å²) >= 11 is 0. The number of hydrogen-bond donors (Lipinski definition) is 2. The van der Waals surface area contributed by atoms with Gasteiger partial charge >= 0.3 is 5.97 Å². The van der Waals surface area contributed by atoms with Gasteiger partial charge in [0.1, 0.15) is 11.5 Å². The fraction of sp³-hybridized carbons (Fsp3) is 0.133. The van der Waals surface area contributed by atoms with Crippen LogP contribution in [-0.4, -0.2) is 11.1 Å². The fourth-order valence-electron chi connectivity index (χ4n) is 1.69. The number of benzene rings is 2. The van der Waals surface area contributed by atoms with Crippen LogP contribution in [0.4, 0.5) is 5.69 Å². The Labute approximate surface area is 111 Å². The van der Waals surface area contributed by atoms with Crippen LogP contribution in [0.25, 0.3) is 0 Å². The van der Waals surface area contributed by atoms with Crippen molar-refractivity contribution in [2.75, 3.05) is 5.73 Å². The molecule has 0 aliphatic carbocycles. The molecule has 0 radical (unpaired) electrons. The van der Waals surface area contributed by atoms with Crippen LogP contribution in [0, 0.1) is 0 Å². The highest BCUT2D eigenvalue weighted by Crippen LogP contribution is 2.23. The van der Waals surface area contributed by atoms with Crippen molar-refractivity contribution in [2.45, 2.75) is 12.8 Å². The Morgan fingerprint density at radius 1 is 1.11 bits per heavy atom. The molecule has 0 aliphatic rings. The zero-order valence-electron chi connectivity index (χ0n) is 10.4. The minimum Gasteiger partial charge on any atom is -0.481 e. The van der Waals surface area contributed by atoms with E-state index in [9.17, 15) is 4.79 Å². The largest absolute Gasteiger partial charge is 0.481 e. The lowest BCUT2D eigenvalue weighted by Crippen LogP contribution is -1.97. The number of hydrogen-bond acceptors (Lipinski definition) is 3. The molecule has 0 saturated carbocycles. The molecule has 0 atom stereocenters. The first-order valence-electron chi connectivity index (χ1n) is 5.97. The highest BCUT2D eigenvalue weighted by Gasteiger charge is 2.02. The van der Waals surface area contributed by atoms with E-state index >= 15 is 0 Å². The number of rotatable bonds is 5. The quantitative estimate of drug-likeness (QED) is 0.807. The third-order valence-electron chi connectivity index (χ3n) is 2.64. The van der Waals surface area contributed by atoms with Crippen molar-refractivity contribution in [1.82, 2.24) is 0 Å². The third kappa shape index (κ3) is 4.03. The minimum atomic E-state index is -0.801. The maximum Gasteiger partial charge on any atom is 0.303 e. The van der Waals surface area contributed by atoms with Gasteiger partial charge in [-0.05, 0) is 48.4 Å². The second-order valence-corrected chi connectivity index (χ2v) is 4.21. The fourth-order valence-corrected chi connectivity index (χ4v) is 1.69. The molecule has 0 unspecified atom stereocenters. The van der Waals surface area contributed by atoms with E-state index in [4.69, 9.17) is 15.6 Å². The van der Waals surface area contributed by atoms with Gasteiger partial charge in [0, 0.05) is 12.1 Å². The molecule has 0 amide bonds. The molecule has 98 valence electrons. The van der Waals surface area contributed by atoms with Crippen molar-refractivity contribution in [3.63, 3.8) is 0 Å². The van der Waals surface area contributed by atoms with Gasteiger partial charge in [0.25, 0.3) is 0 Å². The predicted molar refractivity (Wildman–Crippen MR) is 73.3 cm³/mol. The first-order valence-corrected chi connectivity index (χ1v) is 5.97. The topological polar surface area (TPSA) is 72.5 Å². The van der Waals surface area contributed by atoms with Gasteiger partial charge in [-0.3, -0.25) is 4.79 Å². The van der Waals surface area contributed by atoms with E-state index in [1.807, 2.05) is 24.3 Å². The average molecular weight is 257 g/mol. The first kappa shape index (κ1) is 13.0. The lowest BCUT2D eigenvalue weighted by molar-refractivity contribution is -0.136. The van der Waals surface area contributed by atoms with Crippen LogP contribution in [0.1, 0.15) is 12.0 Å².